The second-order valence-corrected chi connectivity index (χ2v) is 4.21. The van der Waals surface area contributed by atoms with Crippen LogP contribution in [0.2, 0.25) is 0 Å². The molecule has 2 rings (SSSR count). The Hall–Kier alpha value is -2.56. The molecule has 0 saturated heterocycles. The van der Waals surface area contributed by atoms with Crippen LogP contribution in [0.3, 0.4) is 0 Å². The van der Waals surface area contributed by atoms with Gasteiger partial charge in [-0.2, -0.15) is 5.10 Å². The predicted octanol–water partition coefficient (Wildman–Crippen LogP) is 2.33. The van der Waals surface area contributed by atoms with Gasteiger partial charge in [0.05, 0.1) is 20.4 Å². The third-order valence-electron chi connectivity index (χ3n) is 2.82. The SMILES string of the molecule is COc1ccc(C(=O)C=Cc2cnn(C)c2)cc1OC. The zero-order chi connectivity index (χ0) is 14.5. The Labute approximate surface area is 117 Å². The first-order valence-corrected chi connectivity index (χ1v) is 6.07. The molecule has 0 saturated carbocycles. The molecule has 0 fully saturated rings. The molecule has 104 valence electrons. The van der Waals surface area contributed by atoms with Gasteiger partial charge in [-0.15, -0.1) is 0 Å². The Kier molecular flexibility index (Phi) is 4.20. The first kappa shape index (κ1) is 13.9. The largest absolute Gasteiger partial charge is 0.493 e. The minimum atomic E-state index is -0.102. The lowest BCUT2D eigenvalue weighted by molar-refractivity contribution is 0.104. The van der Waals surface area contributed by atoms with Crippen molar-refractivity contribution in [1.82, 2.24) is 9.78 Å². The maximum atomic E-state index is 12.1. The van der Waals surface area contributed by atoms with E-state index in [-0.39, 0.29) is 5.78 Å². The molecular formula is C15H16N2O3. The fourth-order valence-electron chi connectivity index (χ4n) is 1.78. The van der Waals surface area contributed by atoms with E-state index in [0.717, 1.165) is 5.56 Å². The third-order valence-corrected chi connectivity index (χ3v) is 2.82. The zero-order valence-corrected chi connectivity index (χ0v) is 11.7. The number of benzene rings is 1. The molecule has 1 aromatic heterocycles. The number of ketones is 1. The van der Waals surface area contributed by atoms with Gasteiger partial charge in [0.2, 0.25) is 0 Å². The Morgan fingerprint density at radius 1 is 1.25 bits per heavy atom. The van der Waals surface area contributed by atoms with Crippen molar-refractivity contribution in [3.63, 3.8) is 0 Å². The first-order chi connectivity index (χ1) is 9.63. The van der Waals surface area contributed by atoms with Crippen molar-refractivity contribution >= 4 is 11.9 Å². The highest BCUT2D eigenvalue weighted by Gasteiger charge is 2.08. The van der Waals surface area contributed by atoms with E-state index >= 15 is 0 Å². The van der Waals surface area contributed by atoms with Crippen LogP contribution < -0.4 is 9.47 Å². The van der Waals surface area contributed by atoms with Crippen molar-refractivity contribution in [2.24, 2.45) is 7.05 Å². The van der Waals surface area contributed by atoms with E-state index in [2.05, 4.69) is 5.10 Å². The number of hydrogen-bond acceptors (Lipinski definition) is 4. The second kappa shape index (κ2) is 6.06. The maximum Gasteiger partial charge on any atom is 0.185 e. The van der Waals surface area contributed by atoms with Crippen LogP contribution in [0.1, 0.15) is 15.9 Å². The van der Waals surface area contributed by atoms with Gasteiger partial charge in [0.25, 0.3) is 0 Å². The average Bonchev–Trinajstić information content (AvgIpc) is 2.89. The summed E-state index contributed by atoms with van der Waals surface area (Å²) in [5.41, 5.74) is 1.42. The summed E-state index contributed by atoms with van der Waals surface area (Å²) in [5.74, 6) is 1.03. The number of carbonyl (C=O) groups is 1. The number of aryl methyl sites for hydroxylation is 1. The van der Waals surface area contributed by atoms with E-state index in [0.29, 0.717) is 17.1 Å². The van der Waals surface area contributed by atoms with Crippen molar-refractivity contribution < 1.29 is 14.3 Å². The topological polar surface area (TPSA) is 53.3 Å². The number of hydrogen-bond donors (Lipinski definition) is 0. The molecule has 0 unspecified atom stereocenters. The number of rotatable bonds is 5. The van der Waals surface area contributed by atoms with Gasteiger partial charge in [-0.05, 0) is 30.4 Å². The van der Waals surface area contributed by atoms with Crippen LogP contribution in [0, 0.1) is 0 Å². The fourth-order valence-corrected chi connectivity index (χ4v) is 1.78. The number of aromatic nitrogens is 2. The monoisotopic (exact) mass is 272 g/mol. The third kappa shape index (κ3) is 3.06. The van der Waals surface area contributed by atoms with Gasteiger partial charge >= 0.3 is 0 Å². The van der Waals surface area contributed by atoms with Crippen molar-refractivity contribution in [3.05, 3.63) is 47.8 Å². The van der Waals surface area contributed by atoms with Crippen LogP contribution in [0.25, 0.3) is 6.08 Å². The van der Waals surface area contributed by atoms with E-state index in [1.807, 2.05) is 13.2 Å². The van der Waals surface area contributed by atoms with Crippen molar-refractivity contribution in [2.45, 2.75) is 0 Å². The van der Waals surface area contributed by atoms with Crippen LogP contribution in [0.5, 0.6) is 11.5 Å². The molecule has 1 aromatic carbocycles. The van der Waals surface area contributed by atoms with E-state index < -0.39 is 0 Å². The van der Waals surface area contributed by atoms with Gasteiger partial charge in [0, 0.05) is 24.4 Å². The molecule has 0 radical (unpaired) electrons. The van der Waals surface area contributed by atoms with E-state index in [9.17, 15) is 4.79 Å². The summed E-state index contributed by atoms with van der Waals surface area (Å²) in [4.78, 5) is 12.1. The lowest BCUT2D eigenvalue weighted by Gasteiger charge is -2.07. The molecule has 1 heterocycles. The van der Waals surface area contributed by atoms with Gasteiger partial charge in [-0.3, -0.25) is 9.48 Å². The molecule has 0 spiro atoms. The highest BCUT2D eigenvalue weighted by atomic mass is 16.5. The van der Waals surface area contributed by atoms with Crippen LogP contribution in [-0.2, 0) is 7.05 Å². The molecule has 0 aliphatic rings. The van der Waals surface area contributed by atoms with Crippen molar-refractivity contribution in [3.8, 4) is 11.5 Å². The number of methoxy groups -OCH3 is 2. The summed E-state index contributed by atoms with van der Waals surface area (Å²) in [6.45, 7) is 0. The van der Waals surface area contributed by atoms with Crippen LogP contribution in [0.15, 0.2) is 36.7 Å². The van der Waals surface area contributed by atoms with Crippen LogP contribution in [0.4, 0.5) is 0 Å². The molecule has 0 amide bonds. The summed E-state index contributed by atoms with van der Waals surface area (Å²) in [6.07, 6.45) is 6.76. The van der Waals surface area contributed by atoms with Gasteiger partial charge in [-0.25, -0.2) is 0 Å². The molecule has 5 nitrogen and oxygen atoms in total. The average molecular weight is 272 g/mol. The smallest absolute Gasteiger partial charge is 0.185 e. The molecule has 20 heavy (non-hydrogen) atoms. The Morgan fingerprint density at radius 3 is 2.60 bits per heavy atom. The first-order valence-electron chi connectivity index (χ1n) is 6.07. The molecule has 0 aliphatic carbocycles. The van der Waals surface area contributed by atoms with E-state index in [1.165, 1.54) is 13.2 Å². The summed E-state index contributed by atoms with van der Waals surface area (Å²) in [5, 5.41) is 4.03. The summed E-state index contributed by atoms with van der Waals surface area (Å²) in [7, 11) is 4.92. The van der Waals surface area contributed by atoms with Crippen molar-refractivity contribution in [1.29, 1.82) is 0 Å². The number of ether oxygens (including phenoxy) is 2. The minimum absolute atomic E-state index is 0.102. The van der Waals surface area contributed by atoms with Crippen LogP contribution in [-0.4, -0.2) is 29.8 Å². The standard InChI is InChI=1S/C15H16N2O3/c1-17-10-11(9-16-17)4-6-13(18)12-5-7-14(19-2)15(8-12)20-3/h4-10H,1-3H3. The minimum Gasteiger partial charge on any atom is -0.493 e. The fraction of sp³-hybridized carbons (Fsp3) is 0.200. The van der Waals surface area contributed by atoms with Gasteiger partial charge < -0.3 is 9.47 Å². The van der Waals surface area contributed by atoms with E-state index in [1.54, 1.807) is 42.3 Å². The second-order valence-electron chi connectivity index (χ2n) is 4.21. The normalized spacial score (nSPS) is 10.8. The summed E-state index contributed by atoms with van der Waals surface area (Å²) >= 11 is 0. The Bertz CT molecular complexity index is 644. The Morgan fingerprint density at radius 2 is 2.00 bits per heavy atom. The molecule has 2 aromatic rings. The zero-order valence-electron chi connectivity index (χ0n) is 11.7. The lowest BCUT2D eigenvalue weighted by atomic mass is 10.1. The molecule has 5 heteroatoms. The van der Waals surface area contributed by atoms with E-state index in [4.69, 9.17) is 9.47 Å². The Balaban J connectivity index is 2.19. The highest BCUT2D eigenvalue weighted by molar-refractivity contribution is 6.07. The molecular weight excluding hydrogens is 256 g/mol. The highest BCUT2D eigenvalue weighted by Crippen LogP contribution is 2.27. The lowest BCUT2D eigenvalue weighted by Crippen LogP contribution is -1.97. The number of allylic oxidation sites excluding steroid dienone is 1. The van der Waals surface area contributed by atoms with Crippen LogP contribution >= 0.6 is 0 Å². The predicted molar refractivity (Wildman–Crippen MR) is 76.1 cm³/mol. The quantitative estimate of drug-likeness (QED) is 0.619. The number of nitrogens with zero attached hydrogens (tertiary/aromatic N) is 2. The van der Waals surface area contributed by atoms with Gasteiger partial charge in [0.1, 0.15) is 0 Å². The molecule has 0 N–H and O–H groups in total. The summed E-state index contributed by atoms with van der Waals surface area (Å²) < 4.78 is 12.0. The molecule has 0 bridgehead atoms. The van der Waals surface area contributed by atoms with Gasteiger partial charge in [-0.1, -0.05) is 0 Å². The molecule has 0 atom stereocenters. The van der Waals surface area contributed by atoms with Gasteiger partial charge in [0.15, 0.2) is 17.3 Å². The molecule has 0 aliphatic heterocycles. The number of carbonyl (C=O) groups excluding carboxylic acids is 1. The maximum absolute atomic E-state index is 12.1. The summed E-state index contributed by atoms with van der Waals surface area (Å²) in [6, 6.07) is 5.08. The van der Waals surface area contributed by atoms with Crippen molar-refractivity contribution in [2.75, 3.05) is 14.2 Å².